The molecule has 2 rings (SSSR count). The summed E-state index contributed by atoms with van der Waals surface area (Å²) in [6.07, 6.45) is 1.03. The molecule has 1 aromatic rings. The lowest BCUT2D eigenvalue weighted by molar-refractivity contribution is -0.125. The van der Waals surface area contributed by atoms with Gasteiger partial charge in [-0.2, -0.15) is 0 Å². The minimum Gasteiger partial charge on any atom is -0.352 e. The summed E-state index contributed by atoms with van der Waals surface area (Å²) in [4.78, 5) is 14.5. The third-order valence-corrected chi connectivity index (χ3v) is 4.24. The Bertz CT molecular complexity index is 458. The second kappa shape index (κ2) is 10.9. The zero-order chi connectivity index (χ0) is 15.2. The highest BCUT2D eigenvalue weighted by Gasteiger charge is 2.30. The smallest absolute Gasteiger partial charge is 0.224 e. The van der Waals surface area contributed by atoms with E-state index >= 15 is 0 Å². The van der Waals surface area contributed by atoms with Gasteiger partial charge in [-0.05, 0) is 26.0 Å². The van der Waals surface area contributed by atoms with Crippen molar-refractivity contribution in [2.45, 2.75) is 38.9 Å². The van der Waals surface area contributed by atoms with Crippen LogP contribution in [0.3, 0.4) is 0 Å². The van der Waals surface area contributed by atoms with Gasteiger partial charge >= 0.3 is 0 Å². The van der Waals surface area contributed by atoms with E-state index in [1.54, 1.807) is 0 Å². The van der Waals surface area contributed by atoms with Crippen molar-refractivity contribution in [3.05, 3.63) is 35.9 Å². The maximum Gasteiger partial charge on any atom is 0.224 e. The Balaban J connectivity index is 0.00000242. The number of carbonyl (C=O) groups excluding carboxylic acids is 1. The molecule has 6 heteroatoms. The number of hydrogen-bond donors (Lipinski definition) is 2. The van der Waals surface area contributed by atoms with Gasteiger partial charge in [-0.1, -0.05) is 37.3 Å². The monoisotopic (exact) mass is 361 g/mol. The number of halogens is 2. The van der Waals surface area contributed by atoms with Gasteiger partial charge in [-0.25, -0.2) is 0 Å². The normalized spacial score (nSPS) is 21.9. The van der Waals surface area contributed by atoms with Gasteiger partial charge in [-0.3, -0.25) is 9.69 Å². The molecule has 1 aliphatic rings. The molecular weight excluding hydrogens is 333 g/mol. The summed E-state index contributed by atoms with van der Waals surface area (Å²) in [5, 5.41) is 6.24. The van der Waals surface area contributed by atoms with Crippen LogP contribution in [0.5, 0.6) is 0 Å². The van der Waals surface area contributed by atoms with Crippen LogP contribution in [0.25, 0.3) is 0 Å². The zero-order valence-corrected chi connectivity index (χ0v) is 15.8. The van der Waals surface area contributed by atoms with Gasteiger partial charge in [0.15, 0.2) is 0 Å². The molecule has 3 unspecified atom stereocenters. The van der Waals surface area contributed by atoms with Crippen LogP contribution < -0.4 is 10.6 Å². The molecule has 3 atom stereocenters. The average Bonchev–Trinajstić information content (AvgIpc) is 2.80. The van der Waals surface area contributed by atoms with Gasteiger partial charge in [0.05, 0.1) is 0 Å². The van der Waals surface area contributed by atoms with Crippen molar-refractivity contribution < 1.29 is 4.79 Å². The van der Waals surface area contributed by atoms with Crippen molar-refractivity contribution in [1.82, 2.24) is 15.5 Å². The van der Waals surface area contributed by atoms with Crippen molar-refractivity contribution in [1.29, 1.82) is 0 Å². The first-order valence-corrected chi connectivity index (χ1v) is 7.83. The van der Waals surface area contributed by atoms with Gasteiger partial charge in [0.2, 0.25) is 5.91 Å². The van der Waals surface area contributed by atoms with Gasteiger partial charge < -0.3 is 10.6 Å². The van der Waals surface area contributed by atoms with Crippen LogP contribution in [0.15, 0.2) is 30.3 Å². The van der Waals surface area contributed by atoms with Crippen LogP contribution in [0.1, 0.15) is 25.8 Å². The fourth-order valence-corrected chi connectivity index (χ4v) is 2.98. The summed E-state index contributed by atoms with van der Waals surface area (Å²) in [6, 6.07) is 11.3. The summed E-state index contributed by atoms with van der Waals surface area (Å²) in [5.74, 6) is 0.177. The highest BCUT2D eigenvalue weighted by molar-refractivity contribution is 5.85. The predicted molar refractivity (Wildman–Crippen MR) is 100 cm³/mol. The molecule has 1 heterocycles. The average molecular weight is 362 g/mol. The van der Waals surface area contributed by atoms with E-state index < -0.39 is 0 Å². The van der Waals surface area contributed by atoms with Crippen LogP contribution in [-0.4, -0.2) is 43.0 Å². The zero-order valence-electron chi connectivity index (χ0n) is 14.1. The second-order valence-electron chi connectivity index (χ2n) is 6.16. The third kappa shape index (κ3) is 6.68. The fraction of sp³-hybridized carbons (Fsp3) is 0.588. The molecule has 0 aliphatic carbocycles. The van der Waals surface area contributed by atoms with E-state index in [-0.39, 0.29) is 42.7 Å². The number of nitrogens with one attached hydrogen (secondary N) is 2. The lowest BCUT2D eigenvalue weighted by atomic mass is 10.1. The Morgan fingerprint density at radius 1 is 1.30 bits per heavy atom. The SMILES string of the molecule is CNCC(C)C(=O)NC1CC(C)N(Cc2ccccc2)C1.Cl.Cl. The Hall–Kier alpha value is -0.810. The van der Waals surface area contributed by atoms with Crippen LogP contribution in [-0.2, 0) is 11.3 Å². The van der Waals surface area contributed by atoms with Crippen molar-refractivity contribution in [3.63, 3.8) is 0 Å². The number of hydrogen-bond acceptors (Lipinski definition) is 3. The summed E-state index contributed by atoms with van der Waals surface area (Å²) < 4.78 is 0. The molecule has 1 amide bonds. The second-order valence-corrected chi connectivity index (χ2v) is 6.16. The Morgan fingerprint density at radius 3 is 2.57 bits per heavy atom. The van der Waals surface area contributed by atoms with Gasteiger partial charge in [0.1, 0.15) is 0 Å². The minimum absolute atomic E-state index is 0. The standard InChI is InChI=1S/C17H27N3O.2ClH/c1-13(10-18-3)17(21)19-16-9-14(2)20(12-16)11-15-7-5-4-6-8-15;;/h4-8,13-14,16,18H,9-12H2,1-3H3,(H,19,21);2*1H. The first kappa shape index (κ1) is 22.2. The molecule has 132 valence electrons. The molecule has 0 saturated carbocycles. The molecular formula is C17H29Cl2N3O. The number of benzene rings is 1. The largest absolute Gasteiger partial charge is 0.352 e. The van der Waals surface area contributed by atoms with Crippen molar-refractivity contribution in [2.75, 3.05) is 20.1 Å². The number of carbonyl (C=O) groups is 1. The molecule has 1 saturated heterocycles. The Kier molecular flexibility index (Phi) is 10.5. The van der Waals surface area contributed by atoms with Crippen LogP contribution in [0.4, 0.5) is 0 Å². The molecule has 4 nitrogen and oxygen atoms in total. The van der Waals surface area contributed by atoms with E-state index in [0.717, 1.165) is 26.1 Å². The molecule has 2 N–H and O–H groups in total. The maximum absolute atomic E-state index is 12.1. The summed E-state index contributed by atoms with van der Waals surface area (Å²) in [6.45, 7) is 6.83. The molecule has 0 radical (unpaired) electrons. The molecule has 0 aromatic heterocycles. The molecule has 1 aromatic carbocycles. The Labute approximate surface area is 152 Å². The van der Waals surface area contributed by atoms with Crippen molar-refractivity contribution >= 4 is 30.7 Å². The molecule has 1 fully saturated rings. The quantitative estimate of drug-likeness (QED) is 0.817. The number of nitrogens with zero attached hydrogens (tertiary/aromatic N) is 1. The van der Waals surface area contributed by atoms with Gasteiger partial charge in [0, 0.05) is 37.6 Å². The van der Waals surface area contributed by atoms with E-state index in [0.29, 0.717) is 6.04 Å². The maximum atomic E-state index is 12.1. The molecule has 1 aliphatic heterocycles. The number of likely N-dealkylation sites (tertiary alicyclic amines) is 1. The number of amides is 1. The van der Waals surface area contributed by atoms with Crippen LogP contribution in [0.2, 0.25) is 0 Å². The van der Waals surface area contributed by atoms with E-state index in [1.807, 2.05) is 20.0 Å². The highest BCUT2D eigenvalue weighted by atomic mass is 35.5. The van der Waals surface area contributed by atoms with Crippen LogP contribution in [0, 0.1) is 5.92 Å². The highest BCUT2D eigenvalue weighted by Crippen LogP contribution is 2.20. The lowest BCUT2D eigenvalue weighted by Crippen LogP contribution is -2.42. The first-order valence-electron chi connectivity index (χ1n) is 7.83. The minimum atomic E-state index is 0. The van der Waals surface area contributed by atoms with E-state index in [1.165, 1.54) is 5.56 Å². The van der Waals surface area contributed by atoms with E-state index in [4.69, 9.17) is 0 Å². The lowest BCUT2D eigenvalue weighted by Gasteiger charge is -2.21. The van der Waals surface area contributed by atoms with Crippen LogP contribution >= 0.6 is 24.8 Å². The van der Waals surface area contributed by atoms with E-state index in [2.05, 4.69) is 46.7 Å². The van der Waals surface area contributed by atoms with Gasteiger partial charge in [0.25, 0.3) is 0 Å². The summed E-state index contributed by atoms with van der Waals surface area (Å²) in [5.41, 5.74) is 1.33. The predicted octanol–water partition coefficient (Wildman–Crippen LogP) is 2.46. The molecule has 0 bridgehead atoms. The summed E-state index contributed by atoms with van der Waals surface area (Å²) >= 11 is 0. The molecule has 23 heavy (non-hydrogen) atoms. The summed E-state index contributed by atoms with van der Waals surface area (Å²) in [7, 11) is 1.88. The van der Waals surface area contributed by atoms with Crippen molar-refractivity contribution in [3.8, 4) is 0 Å². The van der Waals surface area contributed by atoms with E-state index in [9.17, 15) is 4.79 Å². The third-order valence-electron chi connectivity index (χ3n) is 4.24. The topological polar surface area (TPSA) is 44.4 Å². The molecule has 0 spiro atoms. The Morgan fingerprint density at radius 2 is 1.96 bits per heavy atom. The van der Waals surface area contributed by atoms with Crippen molar-refractivity contribution in [2.24, 2.45) is 5.92 Å². The number of rotatable bonds is 6. The van der Waals surface area contributed by atoms with Gasteiger partial charge in [-0.15, -0.1) is 24.8 Å². The fourth-order valence-electron chi connectivity index (χ4n) is 2.98. The first-order chi connectivity index (χ1) is 10.1.